The molecule has 0 saturated heterocycles. The number of nitrogens with zero attached hydrogens (tertiary/aromatic N) is 3. The van der Waals surface area contributed by atoms with E-state index < -0.39 is 5.82 Å². The number of hydrogen-bond donors (Lipinski definition) is 0. The third-order valence-electron chi connectivity index (χ3n) is 3.03. The van der Waals surface area contributed by atoms with Gasteiger partial charge >= 0.3 is 0 Å². The second-order valence-corrected chi connectivity index (χ2v) is 4.96. The summed E-state index contributed by atoms with van der Waals surface area (Å²) in [6, 6.07) is 7.56. The number of fused-ring (bicyclic) bond motifs is 1. The molecule has 0 aliphatic heterocycles. The van der Waals surface area contributed by atoms with E-state index in [0.29, 0.717) is 33.6 Å². The van der Waals surface area contributed by atoms with E-state index in [4.69, 9.17) is 27.9 Å². The summed E-state index contributed by atoms with van der Waals surface area (Å²) in [7, 11) is 1.52. The van der Waals surface area contributed by atoms with Crippen LogP contribution in [0.4, 0.5) is 4.39 Å². The number of rotatable bonds is 3. The summed E-state index contributed by atoms with van der Waals surface area (Å²) in [5.41, 5.74) is 1.58. The Labute approximate surface area is 130 Å². The minimum atomic E-state index is -0.403. The maximum absolute atomic E-state index is 13.5. The molecule has 4 nitrogen and oxygen atoms in total. The fraction of sp³-hybridized carbons (Fsp3) is 0.143. The number of pyridine rings is 1. The maximum atomic E-state index is 13.5. The molecule has 2 aromatic heterocycles. The summed E-state index contributed by atoms with van der Waals surface area (Å²) in [6.07, 6.45) is 0. The van der Waals surface area contributed by atoms with Crippen LogP contribution in [0.2, 0.25) is 5.02 Å². The van der Waals surface area contributed by atoms with Gasteiger partial charge in [0.15, 0.2) is 5.65 Å². The predicted molar refractivity (Wildman–Crippen MR) is 79.9 cm³/mol. The summed E-state index contributed by atoms with van der Waals surface area (Å²) >= 11 is 12.1. The Hall–Kier alpha value is -1.85. The molecule has 0 fully saturated rings. The number of imidazole rings is 1. The van der Waals surface area contributed by atoms with Gasteiger partial charge in [0, 0.05) is 6.07 Å². The van der Waals surface area contributed by atoms with Gasteiger partial charge in [-0.25, -0.2) is 9.37 Å². The number of hydrogen-bond acceptors (Lipinski definition) is 3. The predicted octanol–water partition coefficient (Wildman–Crippen LogP) is 3.96. The van der Waals surface area contributed by atoms with Crippen LogP contribution in [0.15, 0.2) is 30.3 Å². The largest absolute Gasteiger partial charge is 0.481 e. The SMILES string of the molecule is COc1ccc2nc(CCl)n(-c3cc(F)ccc3Cl)c2n1. The molecule has 7 heteroatoms. The van der Waals surface area contributed by atoms with Crippen LogP contribution < -0.4 is 4.74 Å². The molecule has 1 aromatic carbocycles. The molecule has 0 aliphatic carbocycles. The molecule has 21 heavy (non-hydrogen) atoms. The topological polar surface area (TPSA) is 39.9 Å². The van der Waals surface area contributed by atoms with Crippen LogP contribution in [-0.4, -0.2) is 21.6 Å². The average Bonchev–Trinajstić information content (AvgIpc) is 2.87. The van der Waals surface area contributed by atoms with Crippen molar-refractivity contribution >= 4 is 34.4 Å². The molecule has 0 amide bonds. The second kappa shape index (κ2) is 5.50. The highest BCUT2D eigenvalue weighted by Crippen LogP contribution is 2.28. The Kier molecular flexibility index (Phi) is 3.69. The van der Waals surface area contributed by atoms with E-state index in [1.807, 2.05) is 0 Å². The molecule has 0 atom stereocenters. The molecule has 108 valence electrons. The highest BCUT2D eigenvalue weighted by atomic mass is 35.5. The Morgan fingerprint density at radius 2 is 2.05 bits per heavy atom. The van der Waals surface area contributed by atoms with E-state index in [0.717, 1.165) is 0 Å². The van der Waals surface area contributed by atoms with Gasteiger partial charge in [-0.1, -0.05) is 11.6 Å². The van der Waals surface area contributed by atoms with Crippen molar-refractivity contribution in [1.29, 1.82) is 0 Å². The Balaban J connectivity index is 2.36. The molecule has 0 saturated carbocycles. The quantitative estimate of drug-likeness (QED) is 0.684. The van der Waals surface area contributed by atoms with Gasteiger partial charge in [-0.2, -0.15) is 4.98 Å². The molecule has 2 heterocycles. The fourth-order valence-electron chi connectivity index (χ4n) is 2.10. The number of benzene rings is 1. The molecular weight excluding hydrogens is 316 g/mol. The molecule has 0 aliphatic rings. The number of ether oxygens (including phenoxy) is 1. The third kappa shape index (κ3) is 2.43. The van der Waals surface area contributed by atoms with E-state index in [2.05, 4.69) is 9.97 Å². The summed E-state index contributed by atoms with van der Waals surface area (Å²) in [5.74, 6) is 0.697. The lowest BCUT2D eigenvalue weighted by molar-refractivity contribution is 0.399. The van der Waals surface area contributed by atoms with Crippen LogP contribution in [0.1, 0.15) is 5.82 Å². The molecule has 0 spiro atoms. The molecule has 3 aromatic rings. The van der Waals surface area contributed by atoms with Crippen LogP contribution in [0.3, 0.4) is 0 Å². The van der Waals surface area contributed by atoms with Crippen molar-refractivity contribution in [2.75, 3.05) is 7.11 Å². The van der Waals surface area contributed by atoms with E-state index in [1.54, 1.807) is 16.7 Å². The van der Waals surface area contributed by atoms with Crippen molar-refractivity contribution in [3.05, 3.63) is 47.0 Å². The van der Waals surface area contributed by atoms with Gasteiger partial charge < -0.3 is 4.74 Å². The number of alkyl halides is 1. The van der Waals surface area contributed by atoms with E-state index in [1.165, 1.54) is 25.3 Å². The maximum Gasteiger partial charge on any atom is 0.215 e. The standard InChI is InChI=1S/C14H10Cl2FN3O/c1-21-13-5-4-10-14(19-13)20(12(7-15)18-10)11-6-8(17)2-3-9(11)16/h2-6H,7H2,1H3. The summed E-state index contributed by atoms with van der Waals surface area (Å²) < 4.78 is 20.3. The van der Waals surface area contributed by atoms with Gasteiger partial charge in [-0.05, 0) is 24.3 Å². The van der Waals surface area contributed by atoms with Crippen molar-refractivity contribution in [3.8, 4) is 11.6 Å². The van der Waals surface area contributed by atoms with Crippen molar-refractivity contribution in [2.24, 2.45) is 0 Å². The lowest BCUT2D eigenvalue weighted by Gasteiger charge is -2.09. The number of methoxy groups -OCH3 is 1. The zero-order chi connectivity index (χ0) is 15.0. The van der Waals surface area contributed by atoms with Gasteiger partial charge in [0.25, 0.3) is 0 Å². The first-order valence-electron chi connectivity index (χ1n) is 6.08. The minimum Gasteiger partial charge on any atom is -0.481 e. The normalized spacial score (nSPS) is 11.0. The van der Waals surface area contributed by atoms with Gasteiger partial charge in [-0.3, -0.25) is 4.57 Å². The van der Waals surface area contributed by atoms with Crippen molar-refractivity contribution < 1.29 is 9.13 Å². The van der Waals surface area contributed by atoms with Gasteiger partial charge in [-0.15, -0.1) is 11.6 Å². The first-order valence-corrected chi connectivity index (χ1v) is 6.99. The average molecular weight is 326 g/mol. The zero-order valence-electron chi connectivity index (χ0n) is 11.0. The Morgan fingerprint density at radius 1 is 1.24 bits per heavy atom. The molecule has 0 unspecified atom stereocenters. The van der Waals surface area contributed by atoms with Crippen molar-refractivity contribution in [2.45, 2.75) is 5.88 Å². The Bertz CT molecular complexity index is 819. The van der Waals surface area contributed by atoms with Gasteiger partial charge in [0.2, 0.25) is 5.88 Å². The van der Waals surface area contributed by atoms with Crippen molar-refractivity contribution in [3.63, 3.8) is 0 Å². The van der Waals surface area contributed by atoms with E-state index in [-0.39, 0.29) is 5.88 Å². The van der Waals surface area contributed by atoms with E-state index >= 15 is 0 Å². The highest BCUT2D eigenvalue weighted by Gasteiger charge is 2.16. The molecular formula is C14H10Cl2FN3O. The smallest absolute Gasteiger partial charge is 0.215 e. The second-order valence-electron chi connectivity index (χ2n) is 4.29. The van der Waals surface area contributed by atoms with Gasteiger partial charge in [0.05, 0.1) is 23.7 Å². The summed E-state index contributed by atoms with van der Waals surface area (Å²) in [4.78, 5) is 8.73. The fourth-order valence-corrected chi connectivity index (χ4v) is 2.48. The first-order chi connectivity index (χ1) is 10.1. The lowest BCUT2D eigenvalue weighted by atomic mass is 10.3. The molecule has 3 rings (SSSR count). The highest BCUT2D eigenvalue weighted by molar-refractivity contribution is 6.32. The van der Waals surface area contributed by atoms with E-state index in [9.17, 15) is 4.39 Å². The summed E-state index contributed by atoms with van der Waals surface area (Å²) in [6.45, 7) is 0. The first kappa shape index (κ1) is 14.1. The zero-order valence-corrected chi connectivity index (χ0v) is 12.5. The minimum absolute atomic E-state index is 0.144. The monoisotopic (exact) mass is 325 g/mol. The van der Waals surface area contributed by atoms with Crippen LogP contribution in [0.25, 0.3) is 16.9 Å². The van der Waals surface area contributed by atoms with Crippen LogP contribution in [0, 0.1) is 5.82 Å². The molecule has 0 bridgehead atoms. The number of halogens is 3. The lowest BCUT2D eigenvalue weighted by Crippen LogP contribution is -2.02. The third-order valence-corrected chi connectivity index (χ3v) is 3.58. The van der Waals surface area contributed by atoms with Crippen LogP contribution >= 0.6 is 23.2 Å². The van der Waals surface area contributed by atoms with Gasteiger partial charge in [0.1, 0.15) is 17.2 Å². The summed E-state index contributed by atoms with van der Waals surface area (Å²) in [5, 5.41) is 0.381. The molecule has 0 N–H and O–H groups in total. The van der Waals surface area contributed by atoms with Crippen molar-refractivity contribution in [1.82, 2.24) is 14.5 Å². The Morgan fingerprint density at radius 3 is 2.76 bits per heavy atom. The van der Waals surface area contributed by atoms with Crippen LogP contribution in [0.5, 0.6) is 5.88 Å². The number of aromatic nitrogens is 3. The molecule has 0 radical (unpaired) electrons. The van der Waals surface area contributed by atoms with Crippen LogP contribution in [-0.2, 0) is 5.88 Å².